The molecule has 0 spiro atoms. The Hall–Kier alpha value is -1.81. The molecule has 114 valence electrons. The molecule has 3 rings (SSSR count). The van der Waals surface area contributed by atoms with Gasteiger partial charge in [-0.1, -0.05) is 52.3 Å². The molecule has 1 aliphatic carbocycles. The van der Waals surface area contributed by atoms with Gasteiger partial charge in [-0.05, 0) is 49.4 Å². The Balaban J connectivity index is 1.71. The quantitative estimate of drug-likeness (QED) is 0.799. The minimum atomic E-state index is -0.215. The van der Waals surface area contributed by atoms with Crippen molar-refractivity contribution < 1.29 is 4.79 Å². The first-order chi connectivity index (χ1) is 10.6. The first kappa shape index (κ1) is 15.1. The summed E-state index contributed by atoms with van der Waals surface area (Å²) in [6.45, 7) is 2.02. The van der Waals surface area contributed by atoms with Crippen molar-refractivity contribution in [2.45, 2.75) is 31.7 Å². The van der Waals surface area contributed by atoms with Crippen LogP contribution in [0.4, 0.5) is 10.5 Å². The van der Waals surface area contributed by atoms with Crippen LogP contribution in [-0.4, -0.2) is 6.03 Å². The lowest BCUT2D eigenvalue weighted by Gasteiger charge is -2.43. The van der Waals surface area contributed by atoms with Crippen molar-refractivity contribution in [3.63, 3.8) is 0 Å². The van der Waals surface area contributed by atoms with E-state index in [1.54, 1.807) is 0 Å². The van der Waals surface area contributed by atoms with Gasteiger partial charge in [-0.3, -0.25) is 0 Å². The van der Waals surface area contributed by atoms with Gasteiger partial charge in [0.15, 0.2) is 0 Å². The van der Waals surface area contributed by atoms with Crippen LogP contribution in [0.1, 0.15) is 30.4 Å². The molecular weight excluding hydrogens is 340 g/mol. The third kappa shape index (κ3) is 3.02. The Labute approximate surface area is 139 Å². The van der Waals surface area contributed by atoms with Gasteiger partial charge in [0.1, 0.15) is 0 Å². The van der Waals surface area contributed by atoms with Crippen LogP contribution in [0.25, 0.3) is 0 Å². The lowest BCUT2D eigenvalue weighted by Crippen LogP contribution is -2.52. The Kier molecular flexibility index (Phi) is 4.21. The van der Waals surface area contributed by atoms with Crippen molar-refractivity contribution in [2.75, 3.05) is 5.32 Å². The SMILES string of the molecule is Cc1ccc(NC(=O)NC2(c3ccccc3)CCC2)cc1Br. The monoisotopic (exact) mass is 358 g/mol. The van der Waals surface area contributed by atoms with Crippen molar-refractivity contribution in [1.82, 2.24) is 5.32 Å². The molecule has 0 heterocycles. The van der Waals surface area contributed by atoms with Crippen molar-refractivity contribution in [1.29, 1.82) is 0 Å². The summed E-state index contributed by atoms with van der Waals surface area (Å²) >= 11 is 3.49. The van der Waals surface area contributed by atoms with Gasteiger partial charge in [-0.2, -0.15) is 0 Å². The molecule has 3 nitrogen and oxygen atoms in total. The lowest BCUT2D eigenvalue weighted by molar-refractivity contribution is 0.185. The van der Waals surface area contributed by atoms with E-state index in [1.807, 2.05) is 43.3 Å². The zero-order chi connectivity index (χ0) is 15.6. The number of nitrogens with one attached hydrogen (secondary N) is 2. The molecule has 0 unspecified atom stereocenters. The van der Waals surface area contributed by atoms with Crippen molar-refractivity contribution in [3.05, 3.63) is 64.1 Å². The summed E-state index contributed by atoms with van der Waals surface area (Å²) in [7, 11) is 0. The summed E-state index contributed by atoms with van der Waals surface area (Å²) < 4.78 is 0.992. The topological polar surface area (TPSA) is 41.1 Å². The first-order valence-corrected chi connectivity index (χ1v) is 8.29. The number of rotatable bonds is 3. The molecular formula is C18H19BrN2O. The van der Waals surface area contributed by atoms with E-state index in [0.717, 1.165) is 35.0 Å². The third-order valence-corrected chi connectivity index (χ3v) is 5.17. The highest BCUT2D eigenvalue weighted by Gasteiger charge is 2.39. The van der Waals surface area contributed by atoms with Crippen LogP contribution in [0.15, 0.2) is 53.0 Å². The van der Waals surface area contributed by atoms with Gasteiger partial charge in [0, 0.05) is 10.2 Å². The summed E-state index contributed by atoms with van der Waals surface area (Å²) in [4.78, 5) is 12.4. The van der Waals surface area contributed by atoms with E-state index in [9.17, 15) is 4.79 Å². The Morgan fingerprint density at radius 3 is 2.45 bits per heavy atom. The summed E-state index contributed by atoms with van der Waals surface area (Å²) in [6, 6.07) is 15.9. The second kappa shape index (κ2) is 6.13. The molecule has 1 aliphatic rings. The number of anilines is 1. The van der Waals surface area contributed by atoms with E-state index >= 15 is 0 Å². The van der Waals surface area contributed by atoms with Crippen LogP contribution in [0, 0.1) is 6.92 Å². The summed E-state index contributed by atoms with van der Waals surface area (Å²) in [5, 5.41) is 6.09. The van der Waals surface area contributed by atoms with Crippen LogP contribution in [0.2, 0.25) is 0 Å². The second-order valence-corrected chi connectivity index (χ2v) is 6.70. The van der Waals surface area contributed by atoms with Crippen molar-refractivity contribution in [3.8, 4) is 0 Å². The van der Waals surface area contributed by atoms with E-state index < -0.39 is 0 Å². The van der Waals surface area contributed by atoms with Crippen LogP contribution < -0.4 is 10.6 Å². The van der Waals surface area contributed by atoms with Crippen LogP contribution in [-0.2, 0) is 5.54 Å². The zero-order valence-corrected chi connectivity index (χ0v) is 14.1. The fraction of sp³-hybridized carbons (Fsp3) is 0.278. The van der Waals surface area contributed by atoms with Gasteiger partial charge in [0.2, 0.25) is 0 Å². The summed E-state index contributed by atoms with van der Waals surface area (Å²) in [5.41, 5.74) is 2.90. The Morgan fingerprint density at radius 2 is 1.86 bits per heavy atom. The van der Waals surface area contributed by atoms with Gasteiger partial charge in [0.05, 0.1) is 5.54 Å². The number of benzene rings is 2. The van der Waals surface area contributed by atoms with E-state index in [1.165, 1.54) is 5.56 Å². The number of hydrogen-bond acceptors (Lipinski definition) is 1. The summed E-state index contributed by atoms with van der Waals surface area (Å²) in [5.74, 6) is 0. The molecule has 2 N–H and O–H groups in total. The number of carbonyl (C=O) groups is 1. The van der Waals surface area contributed by atoms with Gasteiger partial charge in [-0.15, -0.1) is 0 Å². The molecule has 0 atom stereocenters. The number of amides is 2. The van der Waals surface area contributed by atoms with Crippen molar-refractivity contribution in [2.24, 2.45) is 0 Å². The molecule has 2 aromatic carbocycles. The predicted molar refractivity (Wildman–Crippen MR) is 93.0 cm³/mol. The predicted octanol–water partition coefficient (Wildman–Crippen LogP) is 4.96. The minimum absolute atomic E-state index is 0.153. The summed E-state index contributed by atoms with van der Waals surface area (Å²) in [6.07, 6.45) is 3.12. The number of carbonyl (C=O) groups excluding carboxylic acids is 1. The fourth-order valence-electron chi connectivity index (χ4n) is 2.82. The lowest BCUT2D eigenvalue weighted by atomic mass is 9.72. The molecule has 1 saturated carbocycles. The largest absolute Gasteiger partial charge is 0.328 e. The number of urea groups is 1. The van der Waals surface area contributed by atoms with E-state index in [-0.39, 0.29) is 11.6 Å². The van der Waals surface area contributed by atoms with Crippen LogP contribution in [0.3, 0.4) is 0 Å². The van der Waals surface area contributed by atoms with Gasteiger partial charge in [-0.25, -0.2) is 4.79 Å². The zero-order valence-electron chi connectivity index (χ0n) is 12.5. The average Bonchev–Trinajstić information content (AvgIpc) is 2.48. The maximum atomic E-state index is 12.4. The Bertz CT molecular complexity index is 681. The molecule has 0 bridgehead atoms. The maximum absolute atomic E-state index is 12.4. The normalized spacial score (nSPS) is 15.7. The molecule has 2 aromatic rings. The van der Waals surface area contributed by atoms with Gasteiger partial charge >= 0.3 is 6.03 Å². The van der Waals surface area contributed by atoms with Gasteiger partial charge in [0.25, 0.3) is 0 Å². The Morgan fingerprint density at radius 1 is 1.14 bits per heavy atom. The highest BCUT2D eigenvalue weighted by atomic mass is 79.9. The number of hydrogen-bond donors (Lipinski definition) is 2. The number of halogens is 1. The van der Waals surface area contributed by atoms with Crippen LogP contribution in [0.5, 0.6) is 0 Å². The van der Waals surface area contributed by atoms with Crippen LogP contribution >= 0.6 is 15.9 Å². The highest BCUT2D eigenvalue weighted by Crippen LogP contribution is 2.41. The molecule has 0 radical (unpaired) electrons. The van der Waals surface area contributed by atoms with E-state index in [0.29, 0.717) is 0 Å². The highest BCUT2D eigenvalue weighted by molar-refractivity contribution is 9.10. The molecule has 22 heavy (non-hydrogen) atoms. The van der Waals surface area contributed by atoms with Crippen molar-refractivity contribution >= 4 is 27.6 Å². The average molecular weight is 359 g/mol. The molecule has 1 fully saturated rings. The number of aryl methyl sites for hydroxylation is 1. The minimum Gasteiger partial charge on any atom is -0.328 e. The second-order valence-electron chi connectivity index (χ2n) is 5.84. The fourth-order valence-corrected chi connectivity index (χ4v) is 3.20. The maximum Gasteiger partial charge on any atom is 0.319 e. The van der Waals surface area contributed by atoms with Gasteiger partial charge < -0.3 is 10.6 Å². The van der Waals surface area contributed by atoms with E-state index in [4.69, 9.17) is 0 Å². The molecule has 0 saturated heterocycles. The molecule has 2 amide bonds. The third-order valence-electron chi connectivity index (χ3n) is 4.32. The van der Waals surface area contributed by atoms with E-state index in [2.05, 4.69) is 38.7 Å². The standard InChI is InChI=1S/C18H19BrN2O/c1-13-8-9-15(12-16(13)19)20-17(22)21-18(10-5-11-18)14-6-3-2-4-7-14/h2-4,6-9,12H,5,10-11H2,1H3,(H2,20,21,22). The molecule has 0 aliphatic heterocycles. The first-order valence-electron chi connectivity index (χ1n) is 7.50. The molecule has 4 heteroatoms. The molecule has 0 aromatic heterocycles. The smallest absolute Gasteiger partial charge is 0.319 e.